The Morgan fingerprint density at radius 1 is 1.12 bits per heavy atom. The number of rotatable bonds is 0. The van der Waals surface area contributed by atoms with Gasteiger partial charge in [0.15, 0.2) is 0 Å². The highest BCUT2D eigenvalue weighted by Gasteiger charge is 1.96. The van der Waals surface area contributed by atoms with Crippen molar-refractivity contribution in [2.45, 2.75) is 6.42 Å². The van der Waals surface area contributed by atoms with E-state index in [2.05, 4.69) is 14.8 Å². The summed E-state index contributed by atoms with van der Waals surface area (Å²) in [5, 5.41) is 4.07. The van der Waals surface area contributed by atoms with Crippen LogP contribution in [-0.2, 0) is 19.6 Å². The molecule has 0 aromatic heterocycles. The molecule has 48 valence electrons. The highest BCUT2D eigenvalue weighted by atomic mass is 17.5. The van der Waals surface area contributed by atoms with E-state index in [1.807, 2.05) is 6.79 Å². The van der Waals surface area contributed by atoms with Crippen molar-refractivity contribution >= 4 is 6.79 Å². The lowest BCUT2D eigenvalue weighted by molar-refractivity contribution is -0.532. The van der Waals surface area contributed by atoms with Gasteiger partial charge in [-0.2, -0.15) is 0 Å². The quantitative estimate of drug-likeness (QED) is 0.425. The summed E-state index contributed by atoms with van der Waals surface area (Å²) in [6.07, 6.45) is 0.931. The highest BCUT2D eigenvalue weighted by molar-refractivity contribution is 5.10. The molecule has 4 heteroatoms. The molecule has 0 aromatic rings. The van der Waals surface area contributed by atoms with Gasteiger partial charge >= 0.3 is 0 Å². The second kappa shape index (κ2) is 6.55. The Kier molecular flexibility index (Phi) is 6.18. The van der Waals surface area contributed by atoms with Gasteiger partial charge in [-0.25, -0.2) is 9.78 Å². The molecule has 0 atom stereocenters. The topological polar surface area (TPSA) is 44.8 Å². The summed E-state index contributed by atoms with van der Waals surface area (Å²) < 4.78 is 0. The monoisotopic (exact) mass is 120 g/mol. The molecule has 0 amide bonds. The maximum atomic E-state index is 8.00. The summed E-state index contributed by atoms with van der Waals surface area (Å²) in [7, 11) is 0. The van der Waals surface area contributed by atoms with Crippen molar-refractivity contribution in [3.05, 3.63) is 0 Å². The smallest absolute Gasteiger partial charge is 0.106 e. The van der Waals surface area contributed by atoms with E-state index in [1.54, 1.807) is 0 Å². The van der Waals surface area contributed by atoms with Gasteiger partial charge in [0.1, 0.15) is 6.79 Å². The molecule has 1 aliphatic heterocycles. The third kappa shape index (κ3) is 3.73. The predicted octanol–water partition coefficient (Wildman–Crippen LogP) is 0.0850. The largest absolute Gasteiger partial charge is 0.307 e. The van der Waals surface area contributed by atoms with Crippen LogP contribution in [0.15, 0.2) is 0 Å². The number of hydrogen-bond acceptors (Lipinski definition) is 4. The van der Waals surface area contributed by atoms with Crippen molar-refractivity contribution in [2.75, 3.05) is 13.2 Å². The lowest BCUT2D eigenvalue weighted by atomic mass is 10.5. The Morgan fingerprint density at radius 2 is 1.62 bits per heavy atom. The standard InChI is InChI=1S/C3H6O3.CH2O/c1-2-4-6-5-3-1;1-2/h1-3H2;1H2. The summed E-state index contributed by atoms with van der Waals surface area (Å²) >= 11 is 0. The molecule has 1 saturated heterocycles. The summed E-state index contributed by atoms with van der Waals surface area (Å²) in [5.74, 6) is 0. The van der Waals surface area contributed by atoms with Gasteiger partial charge in [-0.15, -0.1) is 0 Å². The molecule has 0 N–H and O–H groups in total. The van der Waals surface area contributed by atoms with E-state index in [0.29, 0.717) is 13.2 Å². The Labute approximate surface area is 47.2 Å². The first-order chi connectivity index (χ1) is 4.00. The molecular formula is C4H8O4. The van der Waals surface area contributed by atoms with Crippen LogP contribution in [0, 0.1) is 0 Å². The molecule has 0 aromatic carbocycles. The number of hydrogen-bond donors (Lipinski definition) is 0. The zero-order chi connectivity index (χ0) is 6.24. The maximum absolute atomic E-state index is 8.00. The van der Waals surface area contributed by atoms with E-state index >= 15 is 0 Å². The van der Waals surface area contributed by atoms with Crippen LogP contribution in [0.5, 0.6) is 0 Å². The molecule has 0 bridgehead atoms. The Morgan fingerprint density at radius 3 is 1.75 bits per heavy atom. The van der Waals surface area contributed by atoms with E-state index in [9.17, 15) is 0 Å². The van der Waals surface area contributed by atoms with Crippen molar-refractivity contribution in [2.24, 2.45) is 0 Å². The molecule has 0 spiro atoms. The second-order valence-corrected chi connectivity index (χ2v) is 1.07. The van der Waals surface area contributed by atoms with E-state index in [0.717, 1.165) is 6.42 Å². The minimum absolute atomic E-state index is 0.653. The minimum atomic E-state index is 0.653. The van der Waals surface area contributed by atoms with Crippen LogP contribution in [0.25, 0.3) is 0 Å². The molecule has 0 radical (unpaired) electrons. The summed E-state index contributed by atoms with van der Waals surface area (Å²) in [6.45, 7) is 3.31. The first-order valence-electron chi connectivity index (χ1n) is 2.20. The zero-order valence-corrected chi connectivity index (χ0v) is 4.46. The maximum Gasteiger partial charge on any atom is 0.106 e. The molecule has 8 heavy (non-hydrogen) atoms. The van der Waals surface area contributed by atoms with Gasteiger partial charge in [0.2, 0.25) is 0 Å². The molecule has 1 heterocycles. The van der Waals surface area contributed by atoms with E-state index < -0.39 is 0 Å². The fraction of sp³-hybridized carbons (Fsp3) is 0.750. The van der Waals surface area contributed by atoms with Crippen molar-refractivity contribution in [3.8, 4) is 0 Å². The Balaban J connectivity index is 0.000000222. The lowest BCUT2D eigenvalue weighted by Crippen LogP contribution is -2.08. The number of carbonyl (C=O) groups is 1. The molecule has 1 aliphatic rings. The van der Waals surface area contributed by atoms with Crippen molar-refractivity contribution < 1.29 is 19.6 Å². The fourth-order valence-electron chi connectivity index (χ4n) is 0.279. The van der Waals surface area contributed by atoms with Crippen molar-refractivity contribution in [1.82, 2.24) is 0 Å². The van der Waals surface area contributed by atoms with Gasteiger partial charge in [-0.1, -0.05) is 5.04 Å². The second-order valence-electron chi connectivity index (χ2n) is 1.07. The SMILES string of the molecule is C1COOOC1.C=O. The van der Waals surface area contributed by atoms with E-state index in [4.69, 9.17) is 4.79 Å². The van der Waals surface area contributed by atoms with Gasteiger partial charge in [-0.3, -0.25) is 0 Å². The Bertz CT molecular complexity index is 31.8. The fourth-order valence-corrected chi connectivity index (χ4v) is 0.279. The van der Waals surface area contributed by atoms with Crippen molar-refractivity contribution in [3.63, 3.8) is 0 Å². The minimum Gasteiger partial charge on any atom is -0.307 e. The first-order valence-corrected chi connectivity index (χ1v) is 2.20. The molecule has 0 unspecified atom stereocenters. The number of carbonyl (C=O) groups excluding carboxylic acids is 1. The average molecular weight is 120 g/mol. The molecule has 1 fully saturated rings. The van der Waals surface area contributed by atoms with Crippen LogP contribution in [0.4, 0.5) is 0 Å². The van der Waals surface area contributed by atoms with Crippen LogP contribution < -0.4 is 0 Å². The van der Waals surface area contributed by atoms with Gasteiger partial charge in [0, 0.05) is 6.42 Å². The van der Waals surface area contributed by atoms with Crippen molar-refractivity contribution in [1.29, 1.82) is 0 Å². The molecule has 0 saturated carbocycles. The highest BCUT2D eigenvalue weighted by Crippen LogP contribution is 1.93. The van der Waals surface area contributed by atoms with Crippen LogP contribution in [0.1, 0.15) is 6.42 Å². The van der Waals surface area contributed by atoms with E-state index in [-0.39, 0.29) is 0 Å². The van der Waals surface area contributed by atoms with Gasteiger partial charge in [0.05, 0.1) is 13.2 Å². The van der Waals surface area contributed by atoms with Crippen LogP contribution in [0.3, 0.4) is 0 Å². The first kappa shape index (κ1) is 7.55. The third-order valence-corrected chi connectivity index (χ3v) is 0.552. The third-order valence-electron chi connectivity index (χ3n) is 0.552. The van der Waals surface area contributed by atoms with Gasteiger partial charge < -0.3 is 4.79 Å². The zero-order valence-electron chi connectivity index (χ0n) is 4.46. The van der Waals surface area contributed by atoms with E-state index in [1.165, 1.54) is 0 Å². The average Bonchev–Trinajstić information content (AvgIpc) is 1.96. The summed E-state index contributed by atoms with van der Waals surface area (Å²) in [5.41, 5.74) is 0. The molecule has 0 aliphatic carbocycles. The molecule has 4 nitrogen and oxygen atoms in total. The predicted molar refractivity (Wildman–Crippen MR) is 24.7 cm³/mol. The summed E-state index contributed by atoms with van der Waals surface area (Å²) in [4.78, 5) is 16.7. The van der Waals surface area contributed by atoms with Crippen LogP contribution in [0.2, 0.25) is 0 Å². The summed E-state index contributed by atoms with van der Waals surface area (Å²) in [6, 6.07) is 0. The lowest BCUT2D eigenvalue weighted by Gasteiger charge is -2.06. The van der Waals surface area contributed by atoms with Gasteiger partial charge in [-0.05, 0) is 0 Å². The molecular weight excluding hydrogens is 112 g/mol. The van der Waals surface area contributed by atoms with Crippen LogP contribution >= 0.6 is 0 Å². The normalized spacial score (nSPS) is 18.5. The molecule has 1 rings (SSSR count). The Hall–Kier alpha value is -0.450. The van der Waals surface area contributed by atoms with Gasteiger partial charge in [0.25, 0.3) is 0 Å². The van der Waals surface area contributed by atoms with Crippen LogP contribution in [-0.4, -0.2) is 20.0 Å².